The monoisotopic (exact) mass is 173 g/mol. The highest BCUT2D eigenvalue weighted by molar-refractivity contribution is 5.68. The maximum absolute atomic E-state index is 10.6. The number of rotatable bonds is 3. The second-order valence-corrected chi connectivity index (χ2v) is 1.78. The van der Waals surface area contributed by atoms with Gasteiger partial charge in [0, 0.05) is 13.1 Å². The van der Waals surface area contributed by atoms with E-state index in [1.165, 1.54) is 13.1 Å². The van der Waals surface area contributed by atoms with E-state index in [1.54, 1.807) is 6.92 Å². The Morgan fingerprint density at radius 2 is 2.17 bits per heavy atom. The van der Waals surface area contributed by atoms with E-state index in [9.17, 15) is 9.59 Å². The van der Waals surface area contributed by atoms with Gasteiger partial charge in [-0.05, 0) is 6.92 Å². The van der Waals surface area contributed by atoms with Crippen molar-refractivity contribution in [3.63, 3.8) is 0 Å². The van der Waals surface area contributed by atoms with Crippen LogP contribution in [0.2, 0.25) is 0 Å². The Morgan fingerprint density at radius 1 is 1.50 bits per heavy atom. The number of esters is 1. The summed E-state index contributed by atoms with van der Waals surface area (Å²) >= 11 is 0. The average molecular weight is 173 g/mol. The lowest BCUT2D eigenvalue weighted by molar-refractivity contribution is -0.135. The molecule has 1 N–H and O–H groups in total. The quantitative estimate of drug-likeness (QED) is 0.505. The fourth-order valence-electron chi connectivity index (χ4n) is 0.405. The van der Waals surface area contributed by atoms with E-state index in [2.05, 4.69) is 14.8 Å². The van der Waals surface area contributed by atoms with Crippen molar-refractivity contribution in [3.8, 4) is 0 Å². The van der Waals surface area contributed by atoms with Crippen LogP contribution in [0.4, 0.5) is 4.79 Å². The molecule has 68 valence electrons. The smallest absolute Gasteiger partial charge is 0.411 e. The predicted octanol–water partition coefficient (Wildman–Crippen LogP) is 0.767. The van der Waals surface area contributed by atoms with E-state index in [1.807, 2.05) is 0 Å². The number of carbonyl (C=O) groups is 2. The van der Waals surface area contributed by atoms with Gasteiger partial charge in [-0.3, -0.25) is 10.1 Å². The summed E-state index contributed by atoms with van der Waals surface area (Å²) in [5.41, 5.74) is 0. The summed E-state index contributed by atoms with van der Waals surface area (Å²) in [6.07, 6.45) is 1.67. The fraction of sp³-hybridized carbons (Fsp3) is 0.429. The van der Waals surface area contributed by atoms with Crippen molar-refractivity contribution in [3.05, 3.63) is 12.5 Å². The summed E-state index contributed by atoms with van der Waals surface area (Å²) in [6, 6.07) is 0. The molecule has 0 aromatic heterocycles. The highest BCUT2D eigenvalue weighted by Crippen LogP contribution is 1.79. The normalized spacial score (nSPS) is 9.50. The lowest BCUT2D eigenvalue weighted by Crippen LogP contribution is -2.18. The molecule has 0 rings (SSSR count). The van der Waals surface area contributed by atoms with Gasteiger partial charge in [0.25, 0.3) is 0 Å². The Morgan fingerprint density at radius 3 is 2.67 bits per heavy atom. The molecule has 5 heteroatoms. The maximum Gasteiger partial charge on any atom is 0.411 e. The molecule has 12 heavy (non-hydrogen) atoms. The number of ether oxygens (including phenoxy) is 2. The second kappa shape index (κ2) is 6.21. The van der Waals surface area contributed by atoms with Crippen LogP contribution in [0.5, 0.6) is 0 Å². The highest BCUT2D eigenvalue weighted by atomic mass is 16.5. The molecule has 0 saturated heterocycles. The molecule has 5 nitrogen and oxygen atoms in total. The van der Waals surface area contributed by atoms with Gasteiger partial charge in [0.1, 0.15) is 6.26 Å². The van der Waals surface area contributed by atoms with Gasteiger partial charge >= 0.3 is 12.1 Å². The zero-order valence-corrected chi connectivity index (χ0v) is 6.99. The topological polar surface area (TPSA) is 64.6 Å². The van der Waals surface area contributed by atoms with Crippen LogP contribution in [-0.2, 0) is 14.3 Å². The van der Waals surface area contributed by atoms with Gasteiger partial charge in [-0.2, -0.15) is 0 Å². The SMILES string of the molecule is CCOC(=O)NC=COC(C)=O. The third-order valence-corrected chi connectivity index (χ3v) is 0.779. The average Bonchev–Trinajstić information content (AvgIpc) is 1.98. The summed E-state index contributed by atoms with van der Waals surface area (Å²) in [5.74, 6) is -0.447. The minimum absolute atomic E-state index is 0.299. The van der Waals surface area contributed by atoms with Gasteiger partial charge in [0.15, 0.2) is 0 Å². The van der Waals surface area contributed by atoms with Gasteiger partial charge in [0.2, 0.25) is 0 Å². The van der Waals surface area contributed by atoms with Crippen molar-refractivity contribution in [2.45, 2.75) is 13.8 Å². The zero-order chi connectivity index (χ0) is 9.40. The molecule has 1 amide bonds. The Bertz CT molecular complexity index is 188. The Labute approximate surface area is 70.3 Å². The van der Waals surface area contributed by atoms with E-state index >= 15 is 0 Å². The second-order valence-electron chi connectivity index (χ2n) is 1.78. The fourth-order valence-corrected chi connectivity index (χ4v) is 0.405. The maximum atomic E-state index is 10.6. The van der Waals surface area contributed by atoms with Crippen LogP contribution in [0, 0.1) is 0 Å². The summed E-state index contributed by atoms with van der Waals surface area (Å²) in [5, 5.41) is 2.22. The highest BCUT2D eigenvalue weighted by Gasteiger charge is 1.93. The van der Waals surface area contributed by atoms with E-state index < -0.39 is 12.1 Å². The minimum Gasteiger partial charge on any atom is -0.450 e. The summed E-state index contributed by atoms with van der Waals surface area (Å²) < 4.78 is 8.89. The van der Waals surface area contributed by atoms with Crippen LogP contribution in [0.3, 0.4) is 0 Å². The summed E-state index contributed by atoms with van der Waals surface area (Å²) in [7, 11) is 0. The summed E-state index contributed by atoms with van der Waals surface area (Å²) in [6.45, 7) is 3.25. The number of nitrogens with one attached hydrogen (secondary N) is 1. The van der Waals surface area contributed by atoms with Gasteiger partial charge in [-0.15, -0.1) is 0 Å². The lowest BCUT2D eigenvalue weighted by atomic mass is 10.8. The Kier molecular flexibility index (Phi) is 5.42. The number of amides is 1. The number of carbonyl (C=O) groups excluding carboxylic acids is 2. The molecular weight excluding hydrogens is 162 g/mol. The molecule has 0 bridgehead atoms. The molecule has 0 aliphatic heterocycles. The first-order valence-corrected chi connectivity index (χ1v) is 3.42. The van der Waals surface area contributed by atoms with Crippen LogP contribution in [0.1, 0.15) is 13.8 Å². The molecule has 0 saturated carbocycles. The minimum atomic E-state index is -0.582. The number of hydrogen-bond acceptors (Lipinski definition) is 4. The molecule has 0 radical (unpaired) electrons. The van der Waals surface area contributed by atoms with Gasteiger partial charge in [0.05, 0.1) is 6.61 Å². The van der Waals surface area contributed by atoms with Crippen molar-refractivity contribution >= 4 is 12.1 Å². The predicted molar refractivity (Wildman–Crippen MR) is 41.1 cm³/mol. The molecular formula is C7H11NO4. The number of hydrogen-bond donors (Lipinski definition) is 1. The third kappa shape index (κ3) is 6.60. The van der Waals surface area contributed by atoms with Gasteiger partial charge in [-0.1, -0.05) is 0 Å². The van der Waals surface area contributed by atoms with Crippen LogP contribution in [0.25, 0.3) is 0 Å². The molecule has 0 aromatic carbocycles. The van der Waals surface area contributed by atoms with Gasteiger partial charge < -0.3 is 9.47 Å². The molecule has 0 unspecified atom stereocenters. The standard InChI is InChI=1S/C7H11NO4/c1-3-11-7(10)8-4-5-12-6(2)9/h4-5H,3H2,1-2H3,(H,8,10). The van der Waals surface area contributed by atoms with Crippen LogP contribution in [0.15, 0.2) is 12.5 Å². The van der Waals surface area contributed by atoms with E-state index in [0.29, 0.717) is 6.61 Å². The molecule has 0 atom stereocenters. The first-order chi connectivity index (χ1) is 5.66. The van der Waals surface area contributed by atoms with Crippen molar-refractivity contribution in [1.82, 2.24) is 5.32 Å². The van der Waals surface area contributed by atoms with Crippen molar-refractivity contribution < 1.29 is 19.1 Å². The largest absolute Gasteiger partial charge is 0.450 e. The first kappa shape index (κ1) is 10.5. The van der Waals surface area contributed by atoms with E-state index in [-0.39, 0.29) is 0 Å². The lowest BCUT2D eigenvalue weighted by Gasteiger charge is -1.98. The van der Waals surface area contributed by atoms with Crippen molar-refractivity contribution in [2.75, 3.05) is 6.61 Å². The summed E-state index contributed by atoms with van der Waals surface area (Å²) in [4.78, 5) is 20.8. The molecule has 0 aliphatic rings. The first-order valence-electron chi connectivity index (χ1n) is 3.42. The van der Waals surface area contributed by atoms with Crippen LogP contribution >= 0.6 is 0 Å². The van der Waals surface area contributed by atoms with Crippen molar-refractivity contribution in [2.24, 2.45) is 0 Å². The van der Waals surface area contributed by atoms with Crippen molar-refractivity contribution in [1.29, 1.82) is 0 Å². The molecule has 0 aromatic rings. The van der Waals surface area contributed by atoms with Gasteiger partial charge in [-0.25, -0.2) is 4.79 Å². The zero-order valence-electron chi connectivity index (χ0n) is 6.99. The number of alkyl carbamates (subject to hydrolysis) is 1. The van der Waals surface area contributed by atoms with Crippen LogP contribution < -0.4 is 5.32 Å². The van der Waals surface area contributed by atoms with E-state index in [0.717, 1.165) is 6.26 Å². The molecule has 0 aliphatic carbocycles. The molecule has 0 spiro atoms. The van der Waals surface area contributed by atoms with Crippen LogP contribution in [-0.4, -0.2) is 18.7 Å². The Hall–Kier alpha value is -1.52. The van der Waals surface area contributed by atoms with E-state index in [4.69, 9.17) is 0 Å². The molecule has 0 heterocycles. The Balaban J connectivity index is 3.46. The third-order valence-electron chi connectivity index (χ3n) is 0.779. The molecule has 0 fully saturated rings.